The second-order valence-corrected chi connectivity index (χ2v) is 4.70. The smallest absolute Gasteiger partial charge is 0.271 e. The summed E-state index contributed by atoms with van der Waals surface area (Å²) in [6, 6.07) is 8.67. The van der Waals surface area contributed by atoms with Gasteiger partial charge in [-0.2, -0.15) is 5.10 Å². The third-order valence-corrected chi connectivity index (χ3v) is 3.23. The molecular weight excluding hydrogens is 294 g/mol. The fourth-order valence-electron chi connectivity index (χ4n) is 1.98. The van der Waals surface area contributed by atoms with Gasteiger partial charge >= 0.3 is 0 Å². The maximum atomic E-state index is 12.1. The summed E-state index contributed by atoms with van der Waals surface area (Å²) < 4.78 is 10.3. The first-order chi connectivity index (χ1) is 11.2. The van der Waals surface area contributed by atoms with Crippen molar-refractivity contribution in [3.8, 4) is 11.5 Å². The van der Waals surface area contributed by atoms with Crippen molar-refractivity contribution in [2.75, 3.05) is 14.2 Å². The molecule has 0 saturated carbocycles. The fourth-order valence-corrected chi connectivity index (χ4v) is 1.98. The molecule has 0 fully saturated rings. The molecule has 2 aromatic rings. The summed E-state index contributed by atoms with van der Waals surface area (Å²) in [5.41, 5.74) is 4.77. The van der Waals surface area contributed by atoms with Crippen molar-refractivity contribution in [3.63, 3.8) is 0 Å². The van der Waals surface area contributed by atoms with Crippen LogP contribution in [0.1, 0.15) is 28.5 Å². The zero-order valence-corrected chi connectivity index (χ0v) is 13.4. The van der Waals surface area contributed by atoms with E-state index in [4.69, 9.17) is 9.47 Å². The quantitative estimate of drug-likeness (QED) is 0.656. The third-order valence-electron chi connectivity index (χ3n) is 3.23. The number of pyridine rings is 1. The van der Waals surface area contributed by atoms with Gasteiger partial charge in [0.15, 0.2) is 11.5 Å². The number of carbonyl (C=O) groups excluding carboxylic acids is 1. The molecule has 1 heterocycles. The topological polar surface area (TPSA) is 72.8 Å². The molecule has 0 aliphatic carbocycles. The van der Waals surface area contributed by atoms with E-state index in [2.05, 4.69) is 15.5 Å². The van der Waals surface area contributed by atoms with Gasteiger partial charge in [-0.25, -0.2) is 5.43 Å². The lowest BCUT2D eigenvalue weighted by molar-refractivity contribution is 0.0954. The molecule has 0 atom stereocenters. The van der Waals surface area contributed by atoms with Crippen LogP contribution < -0.4 is 14.9 Å². The molecule has 6 heteroatoms. The molecule has 0 aliphatic heterocycles. The minimum Gasteiger partial charge on any atom is -0.493 e. The standard InChI is InChI=1S/C17H19N3O3/c1-4-14-9-12(7-8-18-14)11-19-20-17(21)13-5-6-15(22-2)16(10-13)23-3/h5-11H,4H2,1-3H3,(H,20,21). The normalized spacial score (nSPS) is 10.6. The molecule has 0 spiro atoms. The molecular formula is C17H19N3O3. The zero-order valence-electron chi connectivity index (χ0n) is 13.4. The Labute approximate surface area is 135 Å². The Morgan fingerprint density at radius 2 is 2.00 bits per heavy atom. The molecule has 1 aromatic carbocycles. The van der Waals surface area contributed by atoms with Crippen LogP contribution in [0.2, 0.25) is 0 Å². The van der Waals surface area contributed by atoms with Gasteiger partial charge < -0.3 is 9.47 Å². The molecule has 1 N–H and O–H groups in total. The number of aryl methyl sites for hydroxylation is 1. The summed E-state index contributed by atoms with van der Waals surface area (Å²) in [6.07, 6.45) is 4.15. The van der Waals surface area contributed by atoms with Gasteiger partial charge in [-0.15, -0.1) is 0 Å². The van der Waals surface area contributed by atoms with Gasteiger partial charge in [0.1, 0.15) is 0 Å². The van der Waals surface area contributed by atoms with E-state index in [-0.39, 0.29) is 5.91 Å². The second kappa shape index (κ2) is 7.93. The van der Waals surface area contributed by atoms with Crippen molar-refractivity contribution < 1.29 is 14.3 Å². The predicted octanol–water partition coefficient (Wildman–Crippen LogP) is 2.43. The first kappa shape index (κ1) is 16.5. The van der Waals surface area contributed by atoms with E-state index in [1.807, 2.05) is 19.1 Å². The Kier molecular flexibility index (Phi) is 5.68. The van der Waals surface area contributed by atoms with Crippen LogP contribution >= 0.6 is 0 Å². The van der Waals surface area contributed by atoms with Gasteiger partial charge in [0.05, 0.1) is 20.4 Å². The minimum absolute atomic E-state index is 0.327. The van der Waals surface area contributed by atoms with Crippen LogP contribution in [-0.4, -0.2) is 31.3 Å². The Morgan fingerprint density at radius 1 is 1.22 bits per heavy atom. The largest absolute Gasteiger partial charge is 0.493 e. The van der Waals surface area contributed by atoms with Crippen molar-refractivity contribution in [2.45, 2.75) is 13.3 Å². The van der Waals surface area contributed by atoms with Crippen LogP contribution in [0.4, 0.5) is 0 Å². The van der Waals surface area contributed by atoms with E-state index in [9.17, 15) is 4.79 Å². The summed E-state index contributed by atoms with van der Waals surface area (Å²) in [5.74, 6) is 0.731. The molecule has 1 amide bonds. The third kappa shape index (κ3) is 4.29. The average Bonchev–Trinajstić information content (AvgIpc) is 2.61. The van der Waals surface area contributed by atoms with Crippen LogP contribution in [0.5, 0.6) is 11.5 Å². The van der Waals surface area contributed by atoms with Gasteiger partial charge in [0, 0.05) is 17.5 Å². The van der Waals surface area contributed by atoms with E-state index < -0.39 is 0 Å². The van der Waals surface area contributed by atoms with Crippen molar-refractivity contribution in [1.82, 2.24) is 10.4 Å². The van der Waals surface area contributed by atoms with Crippen LogP contribution in [0.15, 0.2) is 41.6 Å². The Balaban J connectivity index is 2.05. The number of carbonyl (C=O) groups is 1. The first-order valence-electron chi connectivity index (χ1n) is 7.18. The highest BCUT2D eigenvalue weighted by atomic mass is 16.5. The number of nitrogens with one attached hydrogen (secondary N) is 1. The van der Waals surface area contributed by atoms with Gasteiger partial charge in [-0.1, -0.05) is 6.92 Å². The van der Waals surface area contributed by atoms with Crippen molar-refractivity contribution in [3.05, 3.63) is 53.3 Å². The predicted molar refractivity (Wildman–Crippen MR) is 88.2 cm³/mol. The summed E-state index contributed by atoms with van der Waals surface area (Å²) >= 11 is 0. The highest BCUT2D eigenvalue weighted by molar-refractivity contribution is 5.95. The SMILES string of the molecule is CCc1cc(C=NNC(=O)c2ccc(OC)c(OC)c2)ccn1. The number of hydrazone groups is 1. The lowest BCUT2D eigenvalue weighted by Crippen LogP contribution is -2.17. The van der Waals surface area contributed by atoms with E-state index in [1.54, 1.807) is 37.7 Å². The second-order valence-electron chi connectivity index (χ2n) is 4.70. The molecule has 0 bridgehead atoms. The fraction of sp³-hybridized carbons (Fsp3) is 0.235. The lowest BCUT2D eigenvalue weighted by Gasteiger charge is -2.08. The molecule has 6 nitrogen and oxygen atoms in total. The maximum absolute atomic E-state index is 12.1. The number of aromatic nitrogens is 1. The maximum Gasteiger partial charge on any atom is 0.271 e. The number of rotatable bonds is 6. The highest BCUT2D eigenvalue weighted by Crippen LogP contribution is 2.27. The van der Waals surface area contributed by atoms with E-state index >= 15 is 0 Å². The average molecular weight is 313 g/mol. The molecule has 0 unspecified atom stereocenters. The van der Waals surface area contributed by atoms with Gasteiger partial charge in [0.2, 0.25) is 0 Å². The Hall–Kier alpha value is -2.89. The Morgan fingerprint density at radius 3 is 2.70 bits per heavy atom. The molecule has 1 aromatic heterocycles. The number of hydrogen-bond acceptors (Lipinski definition) is 5. The van der Waals surface area contributed by atoms with E-state index in [0.717, 1.165) is 17.7 Å². The zero-order chi connectivity index (χ0) is 16.7. The van der Waals surface area contributed by atoms with Gasteiger partial charge in [0.25, 0.3) is 5.91 Å². The molecule has 0 aliphatic rings. The summed E-state index contributed by atoms with van der Waals surface area (Å²) in [6.45, 7) is 2.03. The number of ether oxygens (including phenoxy) is 2. The number of benzene rings is 1. The van der Waals surface area contributed by atoms with Crippen molar-refractivity contribution in [1.29, 1.82) is 0 Å². The number of amides is 1. The summed E-state index contributed by atoms with van der Waals surface area (Å²) in [5, 5.41) is 3.97. The van der Waals surface area contributed by atoms with Crippen molar-refractivity contribution in [2.24, 2.45) is 5.10 Å². The highest BCUT2D eigenvalue weighted by Gasteiger charge is 2.09. The lowest BCUT2D eigenvalue weighted by atomic mass is 10.2. The van der Waals surface area contributed by atoms with Crippen molar-refractivity contribution >= 4 is 12.1 Å². The number of methoxy groups -OCH3 is 2. The number of hydrogen-bond donors (Lipinski definition) is 1. The molecule has 0 radical (unpaired) electrons. The van der Waals surface area contributed by atoms with Gasteiger partial charge in [-0.05, 0) is 42.3 Å². The van der Waals surface area contributed by atoms with Crippen LogP contribution in [0.25, 0.3) is 0 Å². The van der Waals surface area contributed by atoms with E-state index in [1.165, 1.54) is 7.11 Å². The minimum atomic E-state index is -0.327. The Bertz CT molecular complexity index is 714. The van der Waals surface area contributed by atoms with Crippen LogP contribution in [-0.2, 0) is 6.42 Å². The molecule has 0 saturated heterocycles. The number of nitrogens with zero attached hydrogens (tertiary/aromatic N) is 2. The molecule has 120 valence electrons. The van der Waals surface area contributed by atoms with Gasteiger partial charge in [-0.3, -0.25) is 9.78 Å². The molecule has 2 rings (SSSR count). The van der Waals surface area contributed by atoms with Crippen LogP contribution in [0.3, 0.4) is 0 Å². The monoisotopic (exact) mass is 313 g/mol. The van der Waals surface area contributed by atoms with Crippen LogP contribution in [0, 0.1) is 0 Å². The van der Waals surface area contributed by atoms with E-state index in [0.29, 0.717) is 17.1 Å². The summed E-state index contributed by atoms with van der Waals surface area (Å²) in [7, 11) is 3.06. The molecule has 23 heavy (non-hydrogen) atoms. The summed E-state index contributed by atoms with van der Waals surface area (Å²) in [4.78, 5) is 16.3. The first-order valence-corrected chi connectivity index (χ1v) is 7.18.